The minimum atomic E-state index is 1.11. The molecule has 0 fully saturated rings. The van der Waals surface area contributed by atoms with Gasteiger partial charge >= 0.3 is 0 Å². The maximum absolute atomic E-state index is 2.35. The van der Waals surface area contributed by atoms with Crippen LogP contribution in [0.5, 0.6) is 0 Å². The molecule has 0 saturated heterocycles. The number of hydrogen-bond acceptors (Lipinski definition) is 0. The average Bonchev–Trinajstić information content (AvgIpc) is 3.29. The lowest BCUT2D eigenvalue weighted by molar-refractivity contribution is 1.10. The van der Waals surface area contributed by atoms with Crippen molar-refractivity contribution < 1.29 is 0 Å². The Morgan fingerprint density at radius 1 is 0.279 bits per heavy atom. The average molecular weight is 807 g/mol. The predicted octanol–water partition coefficient (Wildman–Crippen LogP) is 17.4. The molecule has 0 amide bonds. The van der Waals surface area contributed by atoms with Gasteiger partial charge in [-0.1, -0.05) is 176 Å². The van der Waals surface area contributed by atoms with E-state index in [1.54, 1.807) is 0 Å². The molecule has 0 aromatic heterocycles. The van der Waals surface area contributed by atoms with Crippen LogP contribution in [0, 0.1) is 34.6 Å². The summed E-state index contributed by atoms with van der Waals surface area (Å²) < 4.78 is 0. The first-order valence-corrected chi connectivity index (χ1v) is 23.5. The van der Waals surface area contributed by atoms with Crippen molar-refractivity contribution in [3.05, 3.63) is 188 Å². The third kappa shape index (κ3) is 10.5. The van der Waals surface area contributed by atoms with Crippen molar-refractivity contribution in [2.24, 2.45) is 0 Å². The Labute approximate surface area is 370 Å². The number of benzene rings is 8. The van der Waals surface area contributed by atoms with Gasteiger partial charge in [0.15, 0.2) is 0 Å². The topological polar surface area (TPSA) is 0 Å². The van der Waals surface area contributed by atoms with E-state index >= 15 is 0 Å². The maximum atomic E-state index is 2.35. The van der Waals surface area contributed by atoms with Crippen LogP contribution in [-0.4, -0.2) is 0 Å². The van der Waals surface area contributed by atoms with Crippen LogP contribution in [0.2, 0.25) is 0 Å². The molecule has 8 rings (SSSR count). The predicted molar refractivity (Wildman–Crippen MR) is 275 cm³/mol. The van der Waals surface area contributed by atoms with Gasteiger partial charge in [-0.15, -0.1) is 0 Å². The first-order valence-electron chi connectivity index (χ1n) is 23.5. The Balaban J connectivity index is 0.000000154. The molecule has 0 N–H and O–H groups in total. The van der Waals surface area contributed by atoms with Crippen LogP contribution in [0.4, 0.5) is 0 Å². The van der Waals surface area contributed by atoms with Gasteiger partial charge in [0.1, 0.15) is 0 Å². The Morgan fingerprint density at radius 2 is 0.721 bits per heavy atom. The van der Waals surface area contributed by atoms with Crippen LogP contribution in [-0.2, 0) is 51.4 Å². The fraction of sp³-hybridized carbons (Fsp3) is 0.344. The highest BCUT2D eigenvalue weighted by atomic mass is 14.1. The zero-order valence-corrected chi connectivity index (χ0v) is 40.1. The first-order chi connectivity index (χ1) is 29.5. The fourth-order valence-electron chi connectivity index (χ4n) is 9.52. The lowest BCUT2D eigenvalue weighted by Gasteiger charge is -2.13. The van der Waals surface area contributed by atoms with Crippen molar-refractivity contribution in [3.8, 4) is 0 Å². The molecule has 0 nitrogen and oxygen atoms in total. The summed E-state index contributed by atoms with van der Waals surface area (Å²) in [6.07, 6.45) is 8.93. The van der Waals surface area contributed by atoms with E-state index in [0.717, 1.165) is 51.4 Å². The summed E-state index contributed by atoms with van der Waals surface area (Å²) in [5, 5.41) is 11.6. The first kappa shape index (κ1) is 46.9. The van der Waals surface area contributed by atoms with E-state index < -0.39 is 0 Å². The second kappa shape index (κ2) is 22.1. The summed E-state index contributed by atoms with van der Waals surface area (Å²) in [4.78, 5) is 0. The molecule has 0 heteroatoms. The van der Waals surface area contributed by atoms with Crippen molar-refractivity contribution in [2.45, 2.75) is 141 Å². The smallest absolute Gasteiger partial charge is 0.0117 e. The molecule has 0 aliphatic carbocycles. The molecule has 318 valence electrons. The van der Waals surface area contributed by atoms with Crippen molar-refractivity contribution in [3.63, 3.8) is 0 Å². The SMILES string of the molecule is CCc1cc(C)c(CC)c2ccccc12.CCc1cc(C)cc2c(CC)cccc12.CCc1ccc(C)c2c(CC)cccc12.CCc1ccc(CC)c2c(C)c(C)ccc12. The van der Waals surface area contributed by atoms with E-state index in [-0.39, 0.29) is 0 Å². The minimum Gasteiger partial charge on any atom is -0.0616 e. The summed E-state index contributed by atoms with van der Waals surface area (Å²) in [5.41, 5.74) is 18.9. The fourth-order valence-corrected chi connectivity index (χ4v) is 9.52. The van der Waals surface area contributed by atoms with Crippen molar-refractivity contribution >= 4 is 43.1 Å². The molecule has 0 heterocycles. The van der Waals surface area contributed by atoms with Gasteiger partial charge in [0.05, 0.1) is 0 Å². The number of fused-ring (bicyclic) bond motifs is 4. The largest absolute Gasteiger partial charge is 0.0616 e. The molecule has 61 heavy (non-hydrogen) atoms. The molecular formula is C61H74. The van der Waals surface area contributed by atoms with Crippen molar-refractivity contribution in [2.75, 3.05) is 0 Å². The lowest BCUT2D eigenvalue weighted by Crippen LogP contribution is -1.93. The summed E-state index contributed by atoms with van der Waals surface area (Å²) in [6, 6.07) is 42.7. The molecule has 8 aromatic carbocycles. The van der Waals surface area contributed by atoms with Crippen LogP contribution in [0.1, 0.15) is 128 Å². The zero-order valence-electron chi connectivity index (χ0n) is 40.1. The van der Waals surface area contributed by atoms with Crippen molar-refractivity contribution in [1.29, 1.82) is 0 Å². The van der Waals surface area contributed by atoms with Crippen LogP contribution in [0.3, 0.4) is 0 Å². The standard InChI is InChI=1S/C16H20.3C15H18/c1-5-13-8-9-14(6-2)16-12(4)11(3)7-10-15(13)16;1-4-12-7-6-8-14-13(5-2)9-11(3)10-15(12)14;1-4-12-10-9-11(3)15-13(5-2)7-6-8-14(12)15;1-4-12-10-11(3)13(5-2)15-9-7-6-8-14(12)15/h7-10H,5-6H2,1-4H3;3*6-10H,4-5H2,1-3H3. The van der Waals surface area contributed by atoms with E-state index in [1.807, 2.05) is 0 Å². The van der Waals surface area contributed by atoms with E-state index in [0.29, 0.717) is 0 Å². The molecule has 8 aromatic rings. The molecular weight excluding hydrogens is 733 g/mol. The van der Waals surface area contributed by atoms with Gasteiger partial charge in [-0.2, -0.15) is 0 Å². The van der Waals surface area contributed by atoms with E-state index in [2.05, 4.69) is 205 Å². The highest BCUT2D eigenvalue weighted by molar-refractivity contribution is 5.93. The molecule has 0 aliphatic heterocycles. The molecule has 0 unspecified atom stereocenters. The molecule has 0 atom stereocenters. The second-order valence-electron chi connectivity index (χ2n) is 16.8. The number of rotatable bonds is 8. The number of hydrogen-bond donors (Lipinski definition) is 0. The van der Waals surface area contributed by atoms with Crippen LogP contribution < -0.4 is 0 Å². The van der Waals surface area contributed by atoms with Gasteiger partial charge in [-0.25, -0.2) is 0 Å². The summed E-state index contributed by atoms with van der Waals surface area (Å²) in [6.45, 7) is 28.9. The van der Waals surface area contributed by atoms with Gasteiger partial charge in [0.2, 0.25) is 0 Å². The Bertz CT molecular complexity index is 2690. The van der Waals surface area contributed by atoms with Crippen LogP contribution >= 0.6 is 0 Å². The van der Waals surface area contributed by atoms with Crippen LogP contribution in [0.25, 0.3) is 43.1 Å². The molecule has 0 spiro atoms. The molecule has 0 aliphatic rings. The number of aryl methyl sites for hydroxylation is 13. The Hall–Kier alpha value is -5.20. The minimum absolute atomic E-state index is 1.11. The zero-order chi connectivity index (χ0) is 44.2. The maximum Gasteiger partial charge on any atom is -0.0117 e. The van der Waals surface area contributed by atoms with Gasteiger partial charge in [0, 0.05) is 0 Å². The molecule has 0 bridgehead atoms. The summed E-state index contributed by atoms with van der Waals surface area (Å²) in [7, 11) is 0. The van der Waals surface area contributed by atoms with Gasteiger partial charge < -0.3 is 0 Å². The quantitative estimate of drug-likeness (QED) is 0.143. The third-order valence-corrected chi connectivity index (χ3v) is 13.1. The van der Waals surface area contributed by atoms with E-state index in [9.17, 15) is 0 Å². The molecule has 0 saturated carbocycles. The highest BCUT2D eigenvalue weighted by Crippen LogP contribution is 2.31. The monoisotopic (exact) mass is 807 g/mol. The van der Waals surface area contributed by atoms with Gasteiger partial charge in [0.25, 0.3) is 0 Å². The Morgan fingerprint density at radius 3 is 1.33 bits per heavy atom. The van der Waals surface area contributed by atoms with Gasteiger partial charge in [-0.05, 0) is 196 Å². The van der Waals surface area contributed by atoms with E-state index in [1.165, 1.54) is 115 Å². The summed E-state index contributed by atoms with van der Waals surface area (Å²) >= 11 is 0. The van der Waals surface area contributed by atoms with E-state index in [4.69, 9.17) is 0 Å². The third-order valence-electron chi connectivity index (χ3n) is 13.1. The summed E-state index contributed by atoms with van der Waals surface area (Å²) in [5.74, 6) is 0. The lowest BCUT2D eigenvalue weighted by atomic mass is 9.92. The Kier molecular flexibility index (Phi) is 16.9. The highest BCUT2D eigenvalue weighted by Gasteiger charge is 2.10. The van der Waals surface area contributed by atoms with Gasteiger partial charge in [-0.3, -0.25) is 0 Å². The second-order valence-corrected chi connectivity index (χ2v) is 16.8. The van der Waals surface area contributed by atoms with Crippen molar-refractivity contribution in [1.82, 2.24) is 0 Å². The normalized spacial score (nSPS) is 10.9. The van der Waals surface area contributed by atoms with Crippen LogP contribution in [0.15, 0.2) is 115 Å². The molecule has 0 radical (unpaired) electrons.